The van der Waals surface area contributed by atoms with E-state index in [-0.39, 0.29) is 18.3 Å². The Morgan fingerprint density at radius 1 is 1.15 bits per heavy atom. The third kappa shape index (κ3) is 3.33. The summed E-state index contributed by atoms with van der Waals surface area (Å²) in [6.07, 6.45) is 4.72. The average molecular weight is 295 g/mol. The van der Waals surface area contributed by atoms with Gasteiger partial charge in [0.15, 0.2) is 0 Å². The highest BCUT2D eigenvalue weighted by molar-refractivity contribution is 5.94. The van der Waals surface area contributed by atoms with Gasteiger partial charge in [0, 0.05) is 24.7 Å². The van der Waals surface area contributed by atoms with Crippen LogP contribution in [0.25, 0.3) is 0 Å². The quantitative estimate of drug-likeness (QED) is 0.880. The normalized spacial score (nSPS) is 24.6. The maximum Gasteiger partial charge on any atom is 0.251 e. The molecule has 0 saturated heterocycles. The van der Waals surface area contributed by atoms with Crippen molar-refractivity contribution in [2.45, 2.75) is 51.7 Å². The van der Waals surface area contributed by atoms with Gasteiger partial charge in [-0.2, -0.15) is 0 Å². The standard InChI is InChI=1S/C16H22N2O.ClH/c1-11-2-6-15(7-3-11)18-16(19)12-4-5-13-9-17-10-14(13)8-12;/h4-5,8,11,15,17H,2-3,6-7,9-10H2,1H3,(H,18,19);1H. The van der Waals surface area contributed by atoms with Gasteiger partial charge in [-0.1, -0.05) is 13.0 Å². The molecule has 1 aliphatic heterocycles. The number of hydrogen-bond donors (Lipinski definition) is 2. The fraction of sp³-hybridized carbons (Fsp3) is 0.562. The molecule has 1 heterocycles. The van der Waals surface area contributed by atoms with Crippen LogP contribution in [0.5, 0.6) is 0 Å². The molecule has 0 aromatic heterocycles. The number of amides is 1. The second-order valence-corrected chi connectivity index (χ2v) is 6.02. The molecule has 0 unspecified atom stereocenters. The maximum atomic E-state index is 12.3. The Hall–Kier alpha value is -1.06. The first-order valence-corrected chi connectivity index (χ1v) is 7.36. The Morgan fingerprint density at radius 3 is 2.60 bits per heavy atom. The zero-order valence-electron chi connectivity index (χ0n) is 11.9. The minimum atomic E-state index is 0. The molecule has 0 spiro atoms. The predicted octanol–water partition coefficient (Wildman–Crippen LogP) is 3.02. The van der Waals surface area contributed by atoms with Gasteiger partial charge in [-0.05, 0) is 54.9 Å². The molecule has 3 nitrogen and oxygen atoms in total. The molecular weight excluding hydrogens is 272 g/mol. The van der Waals surface area contributed by atoms with Gasteiger partial charge in [0.25, 0.3) is 5.91 Å². The minimum absolute atomic E-state index is 0. The van der Waals surface area contributed by atoms with Crippen LogP contribution in [-0.4, -0.2) is 11.9 Å². The lowest BCUT2D eigenvalue weighted by Gasteiger charge is -2.27. The molecule has 1 fully saturated rings. The van der Waals surface area contributed by atoms with E-state index >= 15 is 0 Å². The van der Waals surface area contributed by atoms with Gasteiger partial charge >= 0.3 is 0 Å². The van der Waals surface area contributed by atoms with Gasteiger partial charge in [0.1, 0.15) is 0 Å². The summed E-state index contributed by atoms with van der Waals surface area (Å²) in [6, 6.07) is 6.44. The number of fused-ring (bicyclic) bond motifs is 1. The van der Waals surface area contributed by atoms with Crippen LogP contribution in [0, 0.1) is 5.92 Å². The van der Waals surface area contributed by atoms with Gasteiger partial charge in [-0.3, -0.25) is 4.79 Å². The van der Waals surface area contributed by atoms with E-state index in [1.54, 1.807) is 0 Å². The fourth-order valence-electron chi connectivity index (χ4n) is 3.11. The zero-order valence-corrected chi connectivity index (χ0v) is 12.8. The number of carbonyl (C=O) groups is 1. The van der Waals surface area contributed by atoms with E-state index in [0.717, 1.165) is 37.4 Å². The maximum absolute atomic E-state index is 12.3. The summed E-state index contributed by atoms with van der Waals surface area (Å²) < 4.78 is 0. The SMILES string of the molecule is CC1CCC(NC(=O)c2ccc3c(c2)CNC3)CC1.Cl. The lowest BCUT2D eigenvalue weighted by Crippen LogP contribution is -2.37. The number of hydrogen-bond acceptors (Lipinski definition) is 2. The molecule has 2 N–H and O–H groups in total. The van der Waals surface area contributed by atoms with Crippen molar-refractivity contribution in [2.75, 3.05) is 0 Å². The van der Waals surface area contributed by atoms with Gasteiger partial charge in [-0.15, -0.1) is 12.4 Å². The van der Waals surface area contributed by atoms with Gasteiger partial charge in [-0.25, -0.2) is 0 Å². The van der Waals surface area contributed by atoms with Crippen molar-refractivity contribution < 1.29 is 4.79 Å². The van der Waals surface area contributed by atoms with Crippen LogP contribution >= 0.6 is 12.4 Å². The first-order valence-electron chi connectivity index (χ1n) is 7.36. The molecular formula is C16H23ClN2O. The van der Waals surface area contributed by atoms with Crippen molar-refractivity contribution in [3.63, 3.8) is 0 Å². The summed E-state index contributed by atoms with van der Waals surface area (Å²) in [4.78, 5) is 12.3. The van der Waals surface area contributed by atoms with Crippen molar-refractivity contribution in [1.82, 2.24) is 10.6 Å². The van der Waals surface area contributed by atoms with Gasteiger partial charge in [0.2, 0.25) is 0 Å². The Labute approximate surface area is 126 Å². The second kappa shape index (κ2) is 6.59. The summed E-state index contributed by atoms with van der Waals surface area (Å²) >= 11 is 0. The van der Waals surface area contributed by atoms with E-state index in [1.165, 1.54) is 24.0 Å². The topological polar surface area (TPSA) is 41.1 Å². The molecule has 0 bridgehead atoms. The first-order chi connectivity index (χ1) is 9.22. The molecule has 20 heavy (non-hydrogen) atoms. The molecule has 0 atom stereocenters. The van der Waals surface area contributed by atoms with Crippen LogP contribution in [0.3, 0.4) is 0 Å². The summed E-state index contributed by atoms with van der Waals surface area (Å²) in [7, 11) is 0. The Bertz CT molecular complexity index is 481. The summed E-state index contributed by atoms with van der Waals surface area (Å²) in [5.41, 5.74) is 3.40. The number of halogens is 1. The smallest absolute Gasteiger partial charge is 0.251 e. The Balaban J connectivity index is 0.00000147. The van der Waals surface area contributed by atoms with Crippen LogP contribution in [0.15, 0.2) is 18.2 Å². The first kappa shape index (κ1) is 15.3. The number of carbonyl (C=O) groups excluding carboxylic acids is 1. The molecule has 1 saturated carbocycles. The largest absolute Gasteiger partial charge is 0.349 e. The second-order valence-electron chi connectivity index (χ2n) is 6.02. The van der Waals surface area contributed by atoms with E-state index in [9.17, 15) is 4.79 Å². The Kier molecular flexibility index (Phi) is 5.06. The monoisotopic (exact) mass is 294 g/mol. The third-order valence-corrected chi connectivity index (χ3v) is 4.45. The average Bonchev–Trinajstić information content (AvgIpc) is 2.88. The third-order valence-electron chi connectivity index (χ3n) is 4.45. The van der Waals surface area contributed by atoms with Crippen molar-refractivity contribution in [2.24, 2.45) is 5.92 Å². The molecule has 110 valence electrons. The van der Waals surface area contributed by atoms with E-state index in [0.29, 0.717) is 6.04 Å². The lowest BCUT2D eigenvalue weighted by atomic mass is 9.87. The molecule has 4 heteroatoms. The summed E-state index contributed by atoms with van der Waals surface area (Å²) in [6.45, 7) is 4.11. The van der Waals surface area contributed by atoms with Crippen molar-refractivity contribution in [3.8, 4) is 0 Å². The molecule has 1 aromatic rings. The van der Waals surface area contributed by atoms with Crippen LogP contribution in [0.1, 0.15) is 54.1 Å². The molecule has 0 radical (unpaired) electrons. The lowest BCUT2D eigenvalue weighted by molar-refractivity contribution is 0.0923. The highest BCUT2D eigenvalue weighted by atomic mass is 35.5. The molecule has 2 aliphatic rings. The minimum Gasteiger partial charge on any atom is -0.349 e. The summed E-state index contributed by atoms with van der Waals surface area (Å²) in [5.74, 6) is 0.911. The van der Waals surface area contributed by atoms with Crippen molar-refractivity contribution in [1.29, 1.82) is 0 Å². The molecule has 3 rings (SSSR count). The Morgan fingerprint density at radius 2 is 1.85 bits per heavy atom. The fourth-order valence-corrected chi connectivity index (χ4v) is 3.11. The van der Waals surface area contributed by atoms with E-state index < -0.39 is 0 Å². The zero-order chi connectivity index (χ0) is 13.2. The molecule has 1 aromatic carbocycles. The van der Waals surface area contributed by atoms with Crippen LogP contribution in [0.4, 0.5) is 0 Å². The van der Waals surface area contributed by atoms with E-state index in [1.807, 2.05) is 12.1 Å². The summed E-state index contributed by atoms with van der Waals surface area (Å²) in [5, 5.41) is 6.50. The highest BCUT2D eigenvalue weighted by Crippen LogP contribution is 2.24. The van der Waals surface area contributed by atoms with Crippen LogP contribution in [0.2, 0.25) is 0 Å². The number of rotatable bonds is 2. The van der Waals surface area contributed by atoms with Gasteiger partial charge < -0.3 is 10.6 Å². The van der Waals surface area contributed by atoms with Crippen molar-refractivity contribution in [3.05, 3.63) is 34.9 Å². The van der Waals surface area contributed by atoms with Crippen molar-refractivity contribution >= 4 is 18.3 Å². The van der Waals surface area contributed by atoms with Crippen LogP contribution < -0.4 is 10.6 Å². The van der Waals surface area contributed by atoms with E-state index in [2.05, 4.69) is 23.6 Å². The molecule has 1 aliphatic carbocycles. The highest BCUT2D eigenvalue weighted by Gasteiger charge is 2.21. The number of nitrogens with one attached hydrogen (secondary N) is 2. The van der Waals surface area contributed by atoms with Crippen LogP contribution in [-0.2, 0) is 13.1 Å². The number of benzene rings is 1. The van der Waals surface area contributed by atoms with E-state index in [4.69, 9.17) is 0 Å². The van der Waals surface area contributed by atoms with Gasteiger partial charge in [0.05, 0.1) is 0 Å². The molecule has 1 amide bonds. The predicted molar refractivity (Wildman–Crippen MR) is 83.1 cm³/mol.